The lowest BCUT2D eigenvalue weighted by Crippen LogP contribution is -2.14. The van der Waals surface area contributed by atoms with Gasteiger partial charge in [0.05, 0.1) is 5.52 Å². The predicted octanol–water partition coefficient (Wildman–Crippen LogP) is 5.05. The largest absolute Gasteiger partial charge is 0.321 e. The van der Waals surface area contributed by atoms with Crippen LogP contribution in [-0.4, -0.2) is 10.9 Å². The number of carbonyl (C=O) groups excluding carboxylic acids is 1. The summed E-state index contributed by atoms with van der Waals surface area (Å²) in [6.07, 6.45) is 1.46. The van der Waals surface area contributed by atoms with E-state index in [-0.39, 0.29) is 10.7 Å². The quantitative estimate of drug-likeness (QED) is 0.403. The van der Waals surface area contributed by atoms with Crippen molar-refractivity contribution in [2.75, 3.05) is 5.32 Å². The van der Waals surface area contributed by atoms with Gasteiger partial charge in [-0.25, -0.2) is 4.98 Å². The van der Waals surface area contributed by atoms with Crippen molar-refractivity contribution in [2.24, 2.45) is 0 Å². The SMILES string of the molecule is Cc1ccc2cc(/C=C(\C#N)C(=O)Nc3ccccc3C)c(Cl)nc2c1. The number of pyridine rings is 1. The minimum Gasteiger partial charge on any atom is -0.321 e. The molecule has 0 unspecified atom stereocenters. The maximum atomic E-state index is 12.5. The van der Waals surface area contributed by atoms with Crippen molar-refractivity contribution in [2.45, 2.75) is 13.8 Å². The van der Waals surface area contributed by atoms with Gasteiger partial charge in [-0.3, -0.25) is 4.79 Å². The molecule has 0 saturated heterocycles. The summed E-state index contributed by atoms with van der Waals surface area (Å²) < 4.78 is 0. The second-order valence-corrected chi connectivity index (χ2v) is 6.36. The average molecular weight is 362 g/mol. The summed E-state index contributed by atoms with van der Waals surface area (Å²) >= 11 is 6.25. The second-order valence-electron chi connectivity index (χ2n) is 6.00. The second kappa shape index (κ2) is 7.38. The zero-order valence-corrected chi connectivity index (χ0v) is 15.1. The lowest BCUT2D eigenvalue weighted by molar-refractivity contribution is -0.112. The molecule has 5 heteroatoms. The van der Waals surface area contributed by atoms with Gasteiger partial charge in [0.15, 0.2) is 0 Å². The minimum atomic E-state index is -0.484. The molecule has 2 aromatic carbocycles. The number of nitriles is 1. The first-order chi connectivity index (χ1) is 12.5. The van der Waals surface area contributed by atoms with Crippen LogP contribution in [0.25, 0.3) is 17.0 Å². The number of anilines is 1. The number of hydrogen-bond donors (Lipinski definition) is 1. The molecule has 3 rings (SSSR count). The molecule has 128 valence electrons. The molecule has 0 radical (unpaired) electrons. The molecule has 1 aromatic heterocycles. The molecule has 1 heterocycles. The van der Waals surface area contributed by atoms with Crippen molar-refractivity contribution in [1.82, 2.24) is 4.98 Å². The van der Waals surface area contributed by atoms with Crippen LogP contribution in [0.2, 0.25) is 5.15 Å². The summed E-state index contributed by atoms with van der Waals surface area (Å²) in [4.78, 5) is 16.8. The highest BCUT2D eigenvalue weighted by molar-refractivity contribution is 6.31. The molecule has 4 nitrogen and oxygen atoms in total. The Labute approximate surface area is 156 Å². The first-order valence-corrected chi connectivity index (χ1v) is 8.41. The number of aromatic nitrogens is 1. The van der Waals surface area contributed by atoms with Gasteiger partial charge in [0.25, 0.3) is 5.91 Å². The number of benzene rings is 2. The summed E-state index contributed by atoms with van der Waals surface area (Å²) in [5.41, 5.74) is 3.92. The highest BCUT2D eigenvalue weighted by Gasteiger charge is 2.12. The third kappa shape index (κ3) is 3.74. The molecule has 0 aliphatic heterocycles. The summed E-state index contributed by atoms with van der Waals surface area (Å²) in [5, 5.41) is 13.3. The van der Waals surface area contributed by atoms with Crippen LogP contribution in [0.15, 0.2) is 54.1 Å². The maximum absolute atomic E-state index is 12.5. The molecule has 0 bridgehead atoms. The Bertz CT molecular complexity index is 1080. The van der Waals surface area contributed by atoms with Crippen LogP contribution < -0.4 is 5.32 Å². The van der Waals surface area contributed by atoms with Crippen molar-refractivity contribution in [3.8, 4) is 6.07 Å². The number of para-hydroxylation sites is 1. The van der Waals surface area contributed by atoms with Crippen molar-refractivity contribution in [3.63, 3.8) is 0 Å². The van der Waals surface area contributed by atoms with E-state index in [0.717, 1.165) is 22.0 Å². The Morgan fingerprint density at radius 2 is 1.96 bits per heavy atom. The standard InChI is InChI=1S/C21H16ClN3O/c1-13-7-8-15-10-16(20(22)24-19(15)9-13)11-17(12-23)21(26)25-18-6-4-3-5-14(18)2/h3-11H,1-2H3,(H,25,26)/b17-11+. The van der Waals surface area contributed by atoms with Gasteiger partial charge in [0, 0.05) is 16.6 Å². The van der Waals surface area contributed by atoms with E-state index in [0.29, 0.717) is 11.3 Å². The smallest absolute Gasteiger partial charge is 0.266 e. The fraction of sp³-hybridized carbons (Fsp3) is 0.0952. The van der Waals surface area contributed by atoms with Crippen LogP contribution in [0.3, 0.4) is 0 Å². The third-order valence-electron chi connectivity index (χ3n) is 4.01. The Kier molecular flexibility index (Phi) is 5.01. The Hall–Kier alpha value is -3.16. The average Bonchev–Trinajstić information content (AvgIpc) is 2.61. The number of rotatable bonds is 3. The predicted molar refractivity (Wildman–Crippen MR) is 105 cm³/mol. The Balaban J connectivity index is 1.96. The number of aryl methyl sites for hydroxylation is 2. The molecular formula is C21H16ClN3O. The molecule has 26 heavy (non-hydrogen) atoms. The first-order valence-electron chi connectivity index (χ1n) is 8.03. The molecule has 3 aromatic rings. The summed E-state index contributed by atoms with van der Waals surface area (Å²) in [7, 11) is 0. The van der Waals surface area contributed by atoms with Crippen LogP contribution in [0.4, 0.5) is 5.69 Å². The van der Waals surface area contributed by atoms with Gasteiger partial charge in [-0.1, -0.05) is 41.9 Å². The van der Waals surface area contributed by atoms with Crippen LogP contribution in [-0.2, 0) is 4.79 Å². The molecular weight excluding hydrogens is 346 g/mol. The van der Waals surface area contributed by atoms with E-state index in [1.807, 2.05) is 62.4 Å². The fourth-order valence-corrected chi connectivity index (χ4v) is 2.78. The van der Waals surface area contributed by atoms with Gasteiger partial charge in [-0.05, 0) is 49.2 Å². The summed E-state index contributed by atoms with van der Waals surface area (Å²) in [6, 6.07) is 17.0. The van der Waals surface area contributed by atoms with Crippen molar-refractivity contribution >= 4 is 40.2 Å². The number of nitrogens with one attached hydrogen (secondary N) is 1. The lowest BCUT2D eigenvalue weighted by atomic mass is 10.1. The zero-order chi connectivity index (χ0) is 18.7. The molecule has 0 fully saturated rings. The maximum Gasteiger partial charge on any atom is 0.266 e. The van der Waals surface area contributed by atoms with Crippen LogP contribution in [0.1, 0.15) is 16.7 Å². The first kappa shape index (κ1) is 17.7. The zero-order valence-electron chi connectivity index (χ0n) is 14.4. The molecule has 0 atom stereocenters. The fourth-order valence-electron chi connectivity index (χ4n) is 2.58. The van der Waals surface area contributed by atoms with E-state index in [2.05, 4.69) is 10.3 Å². The highest BCUT2D eigenvalue weighted by atomic mass is 35.5. The van der Waals surface area contributed by atoms with Gasteiger partial charge in [0.2, 0.25) is 0 Å². The molecule has 0 saturated carbocycles. The molecule has 0 spiro atoms. The molecule has 1 amide bonds. The molecule has 0 aliphatic carbocycles. The topological polar surface area (TPSA) is 65.8 Å². The van der Waals surface area contributed by atoms with E-state index in [4.69, 9.17) is 11.6 Å². The number of halogens is 1. The van der Waals surface area contributed by atoms with E-state index in [1.165, 1.54) is 6.08 Å². The van der Waals surface area contributed by atoms with Crippen LogP contribution >= 0.6 is 11.6 Å². The van der Waals surface area contributed by atoms with Gasteiger partial charge >= 0.3 is 0 Å². The Morgan fingerprint density at radius 3 is 2.69 bits per heavy atom. The normalized spacial score (nSPS) is 11.2. The number of hydrogen-bond acceptors (Lipinski definition) is 3. The van der Waals surface area contributed by atoms with Crippen molar-refractivity contribution < 1.29 is 4.79 Å². The van der Waals surface area contributed by atoms with Gasteiger partial charge in [-0.2, -0.15) is 5.26 Å². The number of carbonyl (C=O) groups is 1. The molecule has 0 aliphatic rings. The van der Waals surface area contributed by atoms with E-state index < -0.39 is 5.91 Å². The van der Waals surface area contributed by atoms with Gasteiger partial charge < -0.3 is 5.32 Å². The lowest BCUT2D eigenvalue weighted by Gasteiger charge is -2.08. The van der Waals surface area contributed by atoms with Gasteiger partial charge in [0.1, 0.15) is 16.8 Å². The van der Waals surface area contributed by atoms with Crippen molar-refractivity contribution in [1.29, 1.82) is 5.26 Å². The van der Waals surface area contributed by atoms with E-state index >= 15 is 0 Å². The highest BCUT2D eigenvalue weighted by Crippen LogP contribution is 2.24. The molecule has 1 N–H and O–H groups in total. The van der Waals surface area contributed by atoms with E-state index in [1.54, 1.807) is 6.07 Å². The van der Waals surface area contributed by atoms with Crippen molar-refractivity contribution in [3.05, 3.63) is 75.9 Å². The van der Waals surface area contributed by atoms with Gasteiger partial charge in [-0.15, -0.1) is 0 Å². The monoisotopic (exact) mass is 361 g/mol. The number of amides is 1. The Morgan fingerprint density at radius 1 is 1.19 bits per heavy atom. The van der Waals surface area contributed by atoms with Crippen LogP contribution in [0.5, 0.6) is 0 Å². The summed E-state index contributed by atoms with van der Waals surface area (Å²) in [5.74, 6) is -0.484. The third-order valence-corrected chi connectivity index (χ3v) is 4.31. The number of nitrogens with zero attached hydrogens (tertiary/aromatic N) is 2. The minimum absolute atomic E-state index is 0.0385. The van der Waals surface area contributed by atoms with E-state index in [9.17, 15) is 10.1 Å². The summed E-state index contributed by atoms with van der Waals surface area (Å²) in [6.45, 7) is 3.87. The van der Waals surface area contributed by atoms with Crippen LogP contribution in [0, 0.1) is 25.2 Å². The number of fused-ring (bicyclic) bond motifs is 1.